The molecule has 2 amide bonds. The smallest absolute Gasteiger partial charge is 0.252 e. The third kappa shape index (κ3) is 7.62. The molecule has 254 valence electrons. The van der Waals surface area contributed by atoms with Crippen molar-refractivity contribution >= 4 is 17.4 Å². The van der Waals surface area contributed by atoms with Crippen LogP contribution in [-0.2, 0) is 16.0 Å². The predicted octanol–water partition coefficient (Wildman–Crippen LogP) is 5.54. The fourth-order valence-electron chi connectivity index (χ4n) is 6.53. The van der Waals surface area contributed by atoms with Gasteiger partial charge in [0.15, 0.2) is 17.4 Å². The van der Waals surface area contributed by atoms with Gasteiger partial charge in [0, 0.05) is 43.7 Å². The molecular formula is C37H40F3N3O5. The highest BCUT2D eigenvalue weighted by molar-refractivity contribution is 6.03. The van der Waals surface area contributed by atoms with E-state index in [0.29, 0.717) is 62.6 Å². The van der Waals surface area contributed by atoms with Crippen LogP contribution >= 0.6 is 0 Å². The van der Waals surface area contributed by atoms with E-state index in [0.717, 1.165) is 41.7 Å². The van der Waals surface area contributed by atoms with Gasteiger partial charge < -0.3 is 29.3 Å². The topological polar surface area (TPSA) is 80.3 Å². The predicted molar refractivity (Wildman–Crippen MR) is 174 cm³/mol. The number of hydrogen-bond donors (Lipinski definition) is 1. The van der Waals surface area contributed by atoms with Crippen molar-refractivity contribution in [2.45, 2.75) is 57.2 Å². The quantitative estimate of drug-likeness (QED) is 0.191. The van der Waals surface area contributed by atoms with Crippen LogP contribution in [0.15, 0.2) is 66.2 Å². The number of carbonyl (C=O) groups excluding carboxylic acids is 2. The van der Waals surface area contributed by atoms with Gasteiger partial charge in [0.05, 0.1) is 26.3 Å². The number of halogens is 3. The third-order valence-electron chi connectivity index (χ3n) is 9.13. The Bertz CT molecular complexity index is 1680. The van der Waals surface area contributed by atoms with E-state index < -0.39 is 23.2 Å². The number of aryl methyl sites for hydroxylation is 1. The van der Waals surface area contributed by atoms with Crippen LogP contribution in [0.3, 0.4) is 0 Å². The van der Waals surface area contributed by atoms with Gasteiger partial charge in [0.25, 0.3) is 5.91 Å². The Labute approximate surface area is 278 Å². The maximum atomic E-state index is 14.5. The largest absolute Gasteiger partial charge is 0.497 e. The molecule has 2 aliphatic heterocycles. The Kier molecular flexibility index (Phi) is 10.2. The van der Waals surface area contributed by atoms with Gasteiger partial charge in [-0.1, -0.05) is 30.3 Å². The molecule has 2 fully saturated rings. The molecule has 48 heavy (non-hydrogen) atoms. The van der Waals surface area contributed by atoms with Gasteiger partial charge in [-0.3, -0.25) is 9.59 Å². The average Bonchev–Trinajstić information content (AvgIpc) is 3.93. The zero-order chi connectivity index (χ0) is 33.8. The first-order chi connectivity index (χ1) is 23.2. The van der Waals surface area contributed by atoms with Crippen LogP contribution in [0.5, 0.6) is 17.2 Å². The number of carbonyl (C=O) groups is 2. The van der Waals surface area contributed by atoms with E-state index in [1.165, 1.54) is 0 Å². The van der Waals surface area contributed by atoms with E-state index in [-0.39, 0.29) is 36.5 Å². The molecule has 0 aromatic heterocycles. The summed E-state index contributed by atoms with van der Waals surface area (Å²) in [5.41, 5.74) is 3.59. The van der Waals surface area contributed by atoms with Gasteiger partial charge in [0.1, 0.15) is 18.1 Å². The number of amides is 2. The van der Waals surface area contributed by atoms with E-state index >= 15 is 0 Å². The van der Waals surface area contributed by atoms with Crippen LogP contribution in [-0.4, -0.2) is 79.7 Å². The molecule has 1 saturated carbocycles. The monoisotopic (exact) mass is 663 g/mol. The number of nitrogens with one attached hydrogen (secondary N) is 1. The summed E-state index contributed by atoms with van der Waals surface area (Å²) in [6, 6.07) is 16.8. The molecule has 3 aliphatic rings. The number of rotatable bonds is 13. The normalized spacial score (nSPS) is 18.8. The number of ether oxygens (including phenoxy) is 3. The van der Waals surface area contributed by atoms with Crippen molar-refractivity contribution in [2.75, 3.05) is 40.0 Å². The summed E-state index contributed by atoms with van der Waals surface area (Å²) in [4.78, 5) is 30.6. The molecular weight excluding hydrogens is 623 g/mol. The highest BCUT2D eigenvalue weighted by atomic mass is 19.2. The molecule has 11 heteroatoms. The second kappa shape index (κ2) is 14.7. The highest BCUT2D eigenvalue weighted by Gasteiger charge is 2.42. The standard InChI is InChI=1S/C37H40F3N3O5/c1-23(44)42-21-26-19-30(25-10-8-24(9-11-25)5-4-17-48-36-32(39)15-14-31(38)35(36)40)34(33(22-42)41-26)37(45)43(27-12-13-27)16-18-47-29-7-3-6-28(20-29)46-2/h3,6-11,14-15,20,26-27,33,41H,4-5,12-13,16-19,21-22H2,1-2H3. The number of nitrogens with zero attached hydrogens (tertiary/aromatic N) is 2. The second-order valence-corrected chi connectivity index (χ2v) is 12.5. The molecule has 2 bridgehead atoms. The fourth-order valence-corrected chi connectivity index (χ4v) is 6.53. The number of fused-ring (bicyclic) bond motifs is 2. The van der Waals surface area contributed by atoms with Gasteiger partial charge in [0.2, 0.25) is 11.7 Å². The van der Waals surface area contributed by atoms with Crippen LogP contribution in [0.1, 0.15) is 43.7 Å². The second-order valence-electron chi connectivity index (χ2n) is 12.5. The van der Waals surface area contributed by atoms with E-state index in [9.17, 15) is 22.8 Å². The zero-order valence-corrected chi connectivity index (χ0v) is 27.1. The van der Waals surface area contributed by atoms with E-state index in [1.807, 2.05) is 58.3 Å². The zero-order valence-electron chi connectivity index (χ0n) is 27.1. The Balaban J connectivity index is 1.18. The van der Waals surface area contributed by atoms with Crippen LogP contribution in [0.25, 0.3) is 5.57 Å². The molecule has 0 spiro atoms. The number of methoxy groups -OCH3 is 1. The summed E-state index contributed by atoms with van der Waals surface area (Å²) in [6.45, 7) is 3.32. The maximum absolute atomic E-state index is 14.5. The third-order valence-corrected chi connectivity index (χ3v) is 9.13. The van der Waals surface area contributed by atoms with Crippen molar-refractivity contribution < 1.29 is 37.0 Å². The van der Waals surface area contributed by atoms with E-state index in [4.69, 9.17) is 14.2 Å². The molecule has 2 unspecified atom stereocenters. The van der Waals surface area contributed by atoms with Gasteiger partial charge in [-0.05, 0) is 73.1 Å². The summed E-state index contributed by atoms with van der Waals surface area (Å²) in [5.74, 6) is -2.83. The Morgan fingerprint density at radius 2 is 1.69 bits per heavy atom. The molecule has 1 N–H and O–H groups in total. The molecule has 2 heterocycles. The van der Waals surface area contributed by atoms with Crippen molar-refractivity contribution in [3.63, 3.8) is 0 Å². The Morgan fingerprint density at radius 3 is 2.42 bits per heavy atom. The van der Waals surface area contributed by atoms with E-state index in [1.54, 1.807) is 14.0 Å². The van der Waals surface area contributed by atoms with Crippen LogP contribution in [0.4, 0.5) is 13.2 Å². The van der Waals surface area contributed by atoms with Gasteiger partial charge in [-0.25, -0.2) is 8.78 Å². The first-order valence-corrected chi connectivity index (χ1v) is 16.4. The fraction of sp³-hybridized carbons (Fsp3) is 0.405. The molecule has 8 nitrogen and oxygen atoms in total. The summed E-state index contributed by atoms with van der Waals surface area (Å²) < 4.78 is 57.8. The lowest BCUT2D eigenvalue weighted by molar-refractivity contribution is -0.132. The maximum Gasteiger partial charge on any atom is 0.252 e. The number of benzene rings is 3. The van der Waals surface area contributed by atoms with Crippen molar-refractivity contribution in [3.8, 4) is 17.2 Å². The molecule has 1 saturated heterocycles. The minimum Gasteiger partial charge on any atom is -0.497 e. The Morgan fingerprint density at radius 1 is 0.938 bits per heavy atom. The number of hydrogen-bond acceptors (Lipinski definition) is 6. The molecule has 3 aromatic rings. The van der Waals surface area contributed by atoms with Gasteiger partial charge in [-0.2, -0.15) is 4.39 Å². The lowest BCUT2D eigenvalue weighted by Gasteiger charge is -2.44. The lowest BCUT2D eigenvalue weighted by atomic mass is 9.82. The average molecular weight is 664 g/mol. The van der Waals surface area contributed by atoms with Crippen molar-refractivity contribution in [2.24, 2.45) is 0 Å². The molecule has 2 atom stereocenters. The summed E-state index contributed by atoms with van der Waals surface area (Å²) in [7, 11) is 1.60. The lowest BCUT2D eigenvalue weighted by Crippen LogP contribution is -2.62. The minimum absolute atomic E-state index is 0.0105. The highest BCUT2D eigenvalue weighted by Crippen LogP contribution is 2.37. The first kappa shape index (κ1) is 33.4. The number of piperazine rings is 1. The summed E-state index contributed by atoms with van der Waals surface area (Å²) in [6.07, 6.45) is 3.50. The summed E-state index contributed by atoms with van der Waals surface area (Å²) in [5, 5.41) is 3.61. The Hall–Kier alpha value is -4.51. The van der Waals surface area contributed by atoms with Crippen LogP contribution in [0.2, 0.25) is 0 Å². The molecule has 0 radical (unpaired) electrons. The van der Waals surface area contributed by atoms with Crippen molar-refractivity contribution in [3.05, 3.63) is 94.8 Å². The van der Waals surface area contributed by atoms with Crippen molar-refractivity contribution in [1.82, 2.24) is 15.1 Å². The minimum atomic E-state index is -1.33. The van der Waals surface area contributed by atoms with Crippen LogP contribution in [0, 0.1) is 17.5 Å². The van der Waals surface area contributed by atoms with Crippen molar-refractivity contribution in [1.29, 1.82) is 0 Å². The molecule has 3 aromatic carbocycles. The SMILES string of the molecule is COc1cccc(OCCN(C(=O)C2=C(c3ccc(CCCOc4c(F)ccc(F)c4F)cc3)CC3CN(C(C)=O)CC2N3)C2CC2)c1. The summed E-state index contributed by atoms with van der Waals surface area (Å²) >= 11 is 0. The first-order valence-electron chi connectivity index (χ1n) is 16.4. The van der Waals surface area contributed by atoms with E-state index in [2.05, 4.69) is 5.32 Å². The van der Waals surface area contributed by atoms with Gasteiger partial charge >= 0.3 is 0 Å². The molecule has 1 aliphatic carbocycles. The van der Waals surface area contributed by atoms with Gasteiger partial charge in [-0.15, -0.1) is 0 Å². The van der Waals surface area contributed by atoms with Crippen LogP contribution < -0.4 is 19.5 Å². The molecule has 6 rings (SSSR count).